The van der Waals surface area contributed by atoms with Crippen LogP contribution in [-0.2, 0) is 0 Å². The van der Waals surface area contributed by atoms with Gasteiger partial charge in [0.25, 0.3) is 0 Å². The molecular weight excluding hydrogens is 238 g/mol. The van der Waals surface area contributed by atoms with E-state index in [-0.39, 0.29) is 5.82 Å². The number of rotatable bonds is 1. The molecule has 2 heterocycles. The average Bonchev–Trinajstić information content (AvgIpc) is 2.94. The van der Waals surface area contributed by atoms with Gasteiger partial charge in [0.05, 0.1) is 11.1 Å². The Bertz CT molecular complexity index is 848. The Morgan fingerprint density at radius 1 is 1.11 bits per heavy atom. The molecule has 0 aliphatic rings. The van der Waals surface area contributed by atoms with Gasteiger partial charge in [0, 0.05) is 17.8 Å². The van der Waals surface area contributed by atoms with E-state index in [0.29, 0.717) is 11.4 Å². The van der Waals surface area contributed by atoms with Crippen LogP contribution in [0.1, 0.15) is 11.4 Å². The molecule has 0 N–H and O–H groups in total. The molecule has 5 heteroatoms. The van der Waals surface area contributed by atoms with E-state index in [0.717, 1.165) is 10.9 Å². The minimum absolute atomic E-state index is 0.208. The molecule has 0 spiro atoms. The highest BCUT2D eigenvalue weighted by Gasteiger charge is 2.11. The van der Waals surface area contributed by atoms with E-state index in [9.17, 15) is 5.26 Å². The van der Waals surface area contributed by atoms with Gasteiger partial charge in [-0.2, -0.15) is 10.5 Å². The smallest absolute Gasteiger partial charge is 0.218 e. The number of hydrogen-bond donors (Lipinski definition) is 0. The van der Waals surface area contributed by atoms with E-state index in [1.165, 1.54) is 10.8 Å². The second kappa shape index (κ2) is 4.25. The quantitative estimate of drug-likeness (QED) is 0.658. The molecule has 19 heavy (non-hydrogen) atoms. The molecule has 0 saturated carbocycles. The number of para-hydroxylation sites is 1. The zero-order chi connectivity index (χ0) is 13.2. The first-order chi connectivity index (χ1) is 9.33. The van der Waals surface area contributed by atoms with Crippen molar-refractivity contribution in [1.29, 1.82) is 10.5 Å². The number of fused-ring (bicyclic) bond motifs is 1. The van der Waals surface area contributed by atoms with Crippen molar-refractivity contribution >= 4 is 10.9 Å². The maximum absolute atomic E-state index is 9.23. The van der Waals surface area contributed by atoms with Gasteiger partial charge in [0.1, 0.15) is 12.1 Å². The second-order valence-corrected chi connectivity index (χ2v) is 3.90. The zero-order valence-electron chi connectivity index (χ0n) is 9.78. The number of pyridine rings is 1. The van der Waals surface area contributed by atoms with Gasteiger partial charge in [0.2, 0.25) is 5.82 Å². The van der Waals surface area contributed by atoms with Crippen molar-refractivity contribution in [2.75, 3.05) is 0 Å². The Morgan fingerprint density at radius 2 is 1.95 bits per heavy atom. The third kappa shape index (κ3) is 1.70. The van der Waals surface area contributed by atoms with E-state index in [1.54, 1.807) is 12.3 Å². The molecule has 0 saturated heterocycles. The molecule has 3 rings (SSSR count). The molecule has 1 aromatic carbocycles. The summed E-state index contributed by atoms with van der Waals surface area (Å²) in [5.41, 5.74) is 1.18. The van der Waals surface area contributed by atoms with Crippen LogP contribution in [0.4, 0.5) is 0 Å². The number of nitriles is 2. The minimum atomic E-state index is 0.208. The molecule has 0 aliphatic heterocycles. The summed E-state index contributed by atoms with van der Waals surface area (Å²) in [5, 5.41) is 19.1. The molecule has 0 unspecified atom stereocenters. The highest BCUT2D eigenvalue weighted by molar-refractivity contribution is 5.81. The summed E-state index contributed by atoms with van der Waals surface area (Å²) in [7, 11) is 0. The topological polar surface area (TPSA) is 78.3 Å². The summed E-state index contributed by atoms with van der Waals surface area (Å²) in [6, 6.07) is 13.4. The van der Waals surface area contributed by atoms with E-state index >= 15 is 0 Å². The molecule has 2 aromatic heterocycles. The van der Waals surface area contributed by atoms with Gasteiger partial charge in [-0.15, -0.1) is 0 Å². The molecule has 0 bridgehead atoms. The van der Waals surface area contributed by atoms with Crippen molar-refractivity contribution in [3.63, 3.8) is 0 Å². The van der Waals surface area contributed by atoms with Crippen LogP contribution in [0.2, 0.25) is 0 Å². The normalized spacial score (nSPS) is 10.0. The van der Waals surface area contributed by atoms with Gasteiger partial charge in [0.15, 0.2) is 5.82 Å². The van der Waals surface area contributed by atoms with E-state index in [2.05, 4.69) is 16.0 Å². The Hall–Kier alpha value is -3.18. The van der Waals surface area contributed by atoms with Gasteiger partial charge < -0.3 is 0 Å². The number of imidazole rings is 1. The van der Waals surface area contributed by atoms with Crippen molar-refractivity contribution in [2.45, 2.75) is 0 Å². The van der Waals surface area contributed by atoms with Crippen molar-refractivity contribution < 1.29 is 0 Å². The summed E-state index contributed by atoms with van der Waals surface area (Å²) in [6.07, 6.45) is 3.13. The van der Waals surface area contributed by atoms with Gasteiger partial charge >= 0.3 is 0 Å². The first-order valence-electron chi connectivity index (χ1n) is 5.57. The number of hydrogen-bond acceptors (Lipinski definition) is 4. The molecule has 5 nitrogen and oxygen atoms in total. The number of benzene rings is 1. The van der Waals surface area contributed by atoms with Crippen molar-refractivity contribution in [2.24, 2.45) is 0 Å². The lowest BCUT2D eigenvalue weighted by molar-refractivity contribution is 0.972. The number of nitrogens with zero attached hydrogens (tertiary/aromatic N) is 5. The lowest BCUT2D eigenvalue weighted by Gasteiger charge is -2.06. The van der Waals surface area contributed by atoms with Crippen molar-refractivity contribution in [3.05, 3.63) is 54.1 Å². The fourth-order valence-electron chi connectivity index (χ4n) is 1.93. The van der Waals surface area contributed by atoms with Crippen molar-refractivity contribution in [3.8, 4) is 18.0 Å². The van der Waals surface area contributed by atoms with Crippen LogP contribution in [0.15, 0.2) is 42.7 Å². The largest absolute Gasteiger partial charge is 0.274 e. The molecule has 0 fully saturated rings. The first kappa shape index (κ1) is 10.9. The molecular formula is C14H7N5. The monoisotopic (exact) mass is 245 g/mol. The Balaban J connectivity index is 2.35. The molecule has 0 atom stereocenters. The maximum Gasteiger partial charge on any atom is 0.218 e. The van der Waals surface area contributed by atoms with Gasteiger partial charge in [-0.1, -0.05) is 18.2 Å². The molecule has 0 aliphatic carbocycles. The standard InChI is InChI=1S/C14H7N5/c15-8-11-7-10-3-1-2-4-12(10)18-14(11)19-6-5-17-13(19)9-16/h1-7H. The van der Waals surface area contributed by atoms with Crippen LogP contribution < -0.4 is 0 Å². The zero-order valence-corrected chi connectivity index (χ0v) is 9.78. The molecule has 3 aromatic rings. The Kier molecular flexibility index (Phi) is 2.45. The van der Waals surface area contributed by atoms with E-state index < -0.39 is 0 Å². The minimum Gasteiger partial charge on any atom is -0.274 e. The summed E-state index contributed by atoms with van der Waals surface area (Å²) < 4.78 is 1.52. The number of aromatic nitrogens is 3. The summed E-state index contributed by atoms with van der Waals surface area (Å²) >= 11 is 0. The van der Waals surface area contributed by atoms with Crippen LogP contribution in [0.25, 0.3) is 16.7 Å². The van der Waals surface area contributed by atoms with Crippen LogP contribution in [0.3, 0.4) is 0 Å². The molecule has 88 valence electrons. The lowest BCUT2D eigenvalue weighted by atomic mass is 10.1. The predicted octanol–water partition coefficient (Wildman–Crippen LogP) is 2.16. The summed E-state index contributed by atoms with van der Waals surface area (Å²) in [5.74, 6) is 0.634. The summed E-state index contributed by atoms with van der Waals surface area (Å²) in [4.78, 5) is 8.37. The van der Waals surface area contributed by atoms with Gasteiger partial charge in [-0.3, -0.25) is 4.57 Å². The highest BCUT2D eigenvalue weighted by Crippen LogP contribution is 2.19. The fourth-order valence-corrected chi connectivity index (χ4v) is 1.93. The highest BCUT2D eigenvalue weighted by atomic mass is 15.1. The van der Waals surface area contributed by atoms with Gasteiger partial charge in [-0.05, 0) is 12.1 Å². The second-order valence-electron chi connectivity index (χ2n) is 3.90. The average molecular weight is 245 g/mol. The predicted molar refractivity (Wildman–Crippen MR) is 68.3 cm³/mol. The lowest BCUT2D eigenvalue weighted by Crippen LogP contribution is -2.03. The fraction of sp³-hybridized carbons (Fsp3) is 0. The van der Waals surface area contributed by atoms with Gasteiger partial charge in [-0.25, -0.2) is 9.97 Å². The molecule has 0 radical (unpaired) electrons. The Morgan fingerprint density at radius 3 is 2.74 bits per heavy atom. The van der Waals surface area contributed by atoms with Crippen LogP contribution in [-0.4, -0.2) is 14.5 Å². The SMILES string of the molecule is N#Cc1cc2ccccc2nc1-n1ccnc1C#N. The third-order valence-corrected chi connectivity index (χ3v) is 2.79. The van der Waals surface area contributed by atoms with Crippen LogP contribution >= 0.6 is 0 Å². The maximum atomic E-state index is 9.23. The van der Waals surface area contributed by atoms with E-state index in [1.807, 2.05) is 30.3 Å². The van der Waals surface area contributed by atoms with Crippen LogP contribution in [0.5, 0.6) is 0 Å². The molecule has 0 amide bonds. The first-order valence-corrected chi connectivity index (χ1v) is 5.57. The third-order valence-electron chi connectivity index (χ3n) is 2.79. The van der Waals surface area contributed by atoms with Crippen molar-refractivity contribution in [1.82, 2.24) is 14.5 Å². The summed E-state index contributed by atoms with van der Waals surface area (Å²) in [6.45, 7) is 0. The van der Waals surface area contributed by atoms with E-state index in [4.69, 9.17) is 5.26 Å². The Labute approximate surface area is 109 Å². The van der Waals surface area contributed by atoms with Crippen LogP contribution in [0, 0.1) is 22.7 Å².